The lowest BCUT2D eigenvalue weighted by atomic mass is 9.79. The number of rotatable bonds is 7. The van der Waals surface area contributed by atoms with E-state index in [1.807, 2.05) is 35.2 Å². The van der Waals surface area contributed by atoms with Gasteiger partial charge in [-0.15, -0.1) is 0 Å². The molecule has 4 rings (SSSR count). The molecule has 1 amide bonds. The molecule has 0 saturated carbocycles. The predicted octanol–water partition coefficient (Wildman–Crippen LogP) is 3.98. The highest BCUT2D eigenvalue weighted by Gasteiger charge is 2.47. The fraction of sp³-hybridized carbons (Fsp3) is 0.480. The Bertz CT molecular complexity index is 851. The summed E-state index contributed by atoms with van der Waals surface area (Å²) in [6.45, 7) is 6.86. The van der Waals surface area contributed by atoms with E-state index < -0.39 is 0 Å². The normalized spacial score (nSPS) is 22.3. The number of hydrogen-bond donors (Lipinski definition) is 0. The first-order chi connectivity index (χ1) is 15.0. The standard InChI is InChI=1S/C25H31FN2O3/c1-18(2)28-16-23(31-22-6-4-3-5-7-22)25(28)19-12-14-27(15-13-19)24(29)17-30-21-10-8-20(26)9-11-21/h3-11,18-19,23,25H,12-17H2,1-2H3/t23-,25-/m0/s1. The lowest BCUT2D eigenvalue weighted by Crippen LogP contribution is -2.68. The van der Waals surface area contributed by atoms with Gasteiger partial charge in [-0.3, -0.25) is 9.69 Å². The minimum absolute atomic E-state index is 0.0163. The Morgan fingerprint density at radius 1 is 1.03 bits per heavy atom. The molecule has 5 nitrogen and oxygen atoms in total. The van der Waals surface area contributed by atoms with Gasteiger partial charge in [-0.05, 0) is 69.0 Å². The van der Waals surface area contributed by atoms with Crippen molar-refractivity contribution in [1.29, 1.82) is 0 Å². The molecule has 0 radical (unpaired) electrons. The monoisotopic (exact) mass is 426 g/mol. The number of carbonyl (C=O) groups excluding carboxylic acids is 1. The van der Waals surface area contributed by atoms with Crippen LogP contribution in [0.5, 0.6) is 11.5 Å². The molecule has 2 aliphatic heterocycles. The van der Waals surface area contributed by atoms with Gasteiger partial charge in [0.15, 0.2) is 6.61 Å². The van der Waals surface area contributed by atoms with E-state index in [0.29, 0.717) is 23.8 Å². The minimum Gasteiger partial charge on any atom is -0.487 e. The van der Waals surface area contributed by atoms with Gasteiger partial charge in [-0.1, -0.05) is 18.2 Å². The van der Waals surface area contributed by atoms with Crippen molar-refractivity contribution in [3.05, 3.63) is 60.4 Å². The van der Waals surface area contributed by atoms with Gasteiger partial charge < -0.3 is 14.4 Å². The Morgan fingerprint density at radius 3 is 2.35 bits per heavy atom. The maximum absolute atomic E-state index is 13.0. The Morgan fingerprint density at radius 2 is 1.71 bits per heavy atom. The highest BCUT2D eigenvalue weighted by Crippen LogP contribution is 2.36. The molecule has 2 fully saturated rings. The van der Waals surface area contributed by atoms with Crippen LogP contribution in [0.4, 0.5) is 4.39 Å². The van der Waals surface area contributed by atoms with Crippen molar-refractivity contribution >= 4 is 5.91 Å². The number of likely N-dealkylation sites (tertiary alicyclic amines) is 2. The molecule has 6 heteroatoms. The number of carbonyl (C=O) groups is 1. The molecule has 0 spiro atoms. The van der Waals surface area contributed by atoms with E-state index in [0.717, 1.165) is 38.2 Å². The molecule has 0 bridgehead atoms. The van der Waals surface area contributed by atoms with Crippen LogP contribution in [0.15, 0.2) is 54.6 Å². The molecule has 166 valence electrons. The first kappa shape index (κ1) is 21.6. The third kappa shape index (κ3) is 5.18. The highest BCUT2D eigenvalue weighted by molar-refractivity contribution is 5.77. The van der Waals surface area contributed by atoms with Gasteiger partial charge >= 0.3 is 0 Å². The van der Waals surface area contributed by atoms with Crippen molar-refractivity contribution in [3.63, 3.8) is 0 Å². The van der Waals surface area contributed by atoms with E-state index in [9.17, 15) is 9.18 Å². The van der Waals surface area contributed by atoms with Gasteiger partial charge in [0.05, 0.1) is 6.04 Å². The Hall–Kier alpha value is -2.60. The average Bonchev–Trinajstić information content (AvgIpc) is 2.76. The number of ether oxygens (including phenoxy) is 2. The fourth-order valence-electron chi connectivity index (χ4n) is 4.68. The van der Waals surface area contributed by atoms with Crippen LogP contribution in [0, 0.1) is 11.7 Å². The van der Waals surface area contributed by atoms with E-state index >= 15 is 0 Å². The molecule has 2 saturated heterocycles. The maximum Gasteiger partial charge on any atom is 0.260 e. The van der Waals surface area contributed by atoms with E-state index in [1.54, 1.807) is 12.1 Å². The molecule has 2 aromatic rings. The summed E-state index contributed by atoms with van der Waals surface area (Å²) in [5.41, 5.74) is 0. The summed E-state index contributed by atoms with van der Waals surface area (Å²) in [6.07, 6.45) is 2.12. The van der Waals surface area contributed by atoms with Crippen LogP contribution in [0.1, 0.15) is 26.7 Å². The topological polar surface area (TPSA) is 42.0 Å². The smallest absolute Gasteiger partial charge is 0.260 e. The number of amides is 1. The van der Waals surface area contributed by atoms with Gasteiger partial charge in [-0.2, -0.15) is 0 Å². The average molecular weight is 427 g/mol. The number of benzene rings is 2. The SMILES string of the molecule is CC(C)N1C[C@H](Oc2ccccc2)[C@@H]1C1CCN(C(=O)COc2ccc(F)cc2)CC1. The first-order valence-electron chi connectivity index (χ1n) is 11.1. The van der Waals surface area contributed by atoms with Crippen molar-refractivity contribution in [2.24, 2.45) is 5.92 Å². The quantitative estimate of drug-likeness (QED) is 0.672. The second-order valence-electron chi connectivity index (χ2n) is 8.71. The van der Waals surface area contributed by atoms with Crippen molar-refractivity contribution in [2.45, 2.75) is 44.9 Å². The summed E-state index contributed by atoms with van der Waals surface area (Å²) in [4.78, 5) is 17.0. The van der Waals surface area contributed by atoms with Crippen LogP contribution in [0.2, 0.25) is 0 Å². The van der Waals surface area contributed by atoms with E-state index in [4.69, 9.17) is 9.47 Å². The Balaban J connectivity index is 1.29. The van der Waals surface area contributed by atoms with Crippen LogP contribution in [-0.4, -0.2) is 60.1 Å². The largest absolute Gasteiger partial charge is 0.487 e. The molecule has 2 aromatic carbocycles. The van der Waals surface area contributed by atoms with Crippen molar-refractivity contribution < 1.29 is 18.7 Å². The predicted molar refractivity (Wildman–Crippen MR) is 118 cm³/mol. The second-order valence-corrected chi connectivity index (χ2v) is 8.71. The molecule has 0 aliphatic carbocycles. The number of halogens is 1. The number of nitrogens with zero attached hydrogens (tertiary/aromatic N) is 2. The van der Waals surface area contributed by atoms with Gasteiger partial charge in [0.2, 0.25) is 0 Å². The molecule has 2 aliphatic rings. The van der Waals surface area contributed by atoms with Crippen LogP contribution >= 0.6 is 0 Å². The molecule has 0 N–H and O–H groups in total. The number of hydrogen-bond acceptors (Lipinski definition) is 4. The van der Waals surface area contributed by atoms with Crippen molar-refractivity contribution in [3.8, 4) is 11.5 Å². The van der Waals surface area contributed by atoms with E-state index in [2.05, 4.69) is 18.7 Å². The van der Waals surface area contributed by atoms with Gasteiger partial charge in [0.1, 0.15) is 23.4 Å². The Kier molecular flexibility index (Phi) is 6.76. The summed E-state index contributed by atoms with van der Waals surface area (Å²) in [7, 11) is 0. The van der Waals surface area contributed by atoms with Gasteiger partial charge in [0.25, 0.3) is 5.91 Å². The molecule has 0 aromatic heterocycles. The Labute approximate surface area is 183 Å². The number of piperidine rings is 1. The zero-order valence-corrected chi connectivity index (χ0v) is 18.2. The summed E-state index contributed by atoms with van der Waals surface area (Å²) in [6, 6.07) is 16.6. The zero-order chi connectivity index (χ0) is 21.8. The van der Waals surface area contributed by atoms with Crippen LogP contribution in [0.25, 0.3) is 0 Å². The van der Waals surface area contributed by atoms with Crippen LogP contribution in [-0.2, 0) is 4.79 Å². The molecule has 0 unspecified atom stereocenters. The lowest BCUT2D eigenvalue weighted by molar-refractivity contribution is -0.137. The van der Waals surface area contributed by atoms with Crippen LogP contribution in [0.3, 0.4) is 0 Å². The molecule has 31 heavy (non-hydrogen) atoms. The van der Waals surface area contributed by atoms with Crippen LogP contribution < -0.4 is 9.47 Å². The van der Waals surface area contributed by atoms with Gasteiger partial charge in [0, 0.05) is 25.7 Å². The molecular formula is C25H31FN2O3. The fourth-order valence-corrected chi connectivity index (χ4v) is 4.68. The lowest BCUT2D eigenvalue weighted by Gasteiger charge is -2.54. The molecular weight excluding hydrogens is 395 g/mol. The van der Waals surface area contributed by atoms with E-state index in [-0.39, 0.29) is 24.4 Å². The van der Waals surface area contributed by atoms with Gasteiger partial charge in [-0.25, -0.2) is 4.39 Å². The van der Waals surface area contributed by atoms with Crippen molar-refractivity contribution in [2.75, 3.05) is 26.2 Å². The van der Waals surface area contributed by atoms with E-state index in [1.165, 1.54) is 12.1 Å². The number of para-hydroxylation sites is 1. The third-order valence-electron chi connectivity index (χ3n) is 6.40. The van der Waals surface area contributed by atoms with Crippen molar-refractivity contribution in [1.82, 2.24) is 9.80 Å². The summed E-state index contributed by atoms with van der Waals surface area (Å²) in [5.74, 6) is 1.60. The zero-order valence-electron chi connectivity index (χ0n) is 18.2. The second kappa shape index (κ2) is 9.69. The summed E-state index contributed by atoms with van der Waals surface area (Å²) >= 11 is 0. The summed E-state index contributed by atoms with van der Waals surface area (Å²) in [5, 5.41) is 0. The third-order valence-corrected chi connectivity index (χ3v) is 6.40. The molecule has 2 atom stereocenters. The summed E-state index contributed by atoms with van der Waals surface area (Å²) < 4.78 is 24.8. The highest BCUT2D eigenvalue weighted by atomic mass is 19.1. The molecule has 2 heterocycles. The first-order valence-corrected chi connectivity index (χ1v) is 11.1. The minimum atomic E-state index is -0.318. The maximum atomic E-state index is 13.0.